The highest BCUT2D eigenvalue weighted by atomic mass is 16.4. The number of terminal acetylenes is 1. The summed E-state index contributed by atoms with van der Waals surface area (Å²) < 4.78 is 0. The number of urea groups is 1. The van der Waals surface area contributed by atoms with Gasteiger partial charge in [-0.2, -0.15) is 0 Å². The zero-order valence-electron chi connectivity index (χ0n) is 8.99. The van der Waals surface area contributed by atoms with Crippen LogP contribution in [0, 0.1) is 12.3 Å². The number of amides is 2. The molecule has 15 heavy (non-hydrogen) atoms. The van der Waals surface area contributed by atoms with E-state index in [9.17, 15) is 9.59 Å². The van der Waals surface area contributed by atoms with Crippen LogP contribution in [0.4, 0.5) is 4.79 Å². The molecular weight excluding hydrogens is 196 g/mol. The maximum Gasteiger partial charge on any atom is 0.323 e. The lowest BCUT2D eigenvalue weighted by Gasteiger charge is -2.21. The molecule has 0 spiro atoms. The Kier molecular flexibility index (Phi) is 5.95. The van der Waals surface area contributed by atoms with Crippen molar-refractivity contribution in [2.75, 3.05) is 13.1 Å². The Morgan fingerprint density at radius 1 is 1.53 bits per heavy atom. The molecule has 0 aliphatic heterocycles. The van der Waals surface area contributed by atoms with E-state index in [-0.39, 0.29) is 12.6 Å². The Morgan fingerprint density at radius 3 is 2.47 bits per heavy atom. The van der Waals surface area contributed by atoms with Gasteiger partial charge in [-0.25, -0.2) is 4.79 Å². The smallest absolute Gasteiger partial charge is 0.323 e. The standard InChI is InChI=1S/C10H16N2O3/c1-4-8(5-2)11-10(15)12(6-3)7-9(13)14/h1,8H,5-7H2,2-3H3,(H,11,15)(H,13,14). The molecule has 0 bridgehead atoms. The second-order valence-electron chi connectivity index (χ2n) is 2.98. The summed E-state index contributed by atoms with van der Waals surface area (Å²) in [4.78, 5) is 23.1. The lowest BCUT2D eigenvalue weighted by atomic mass is 10.2. The molecule has 0 heterocycles. The van der Waals surface area contributed by atoms with E-state index in [1.807, 2.05) is 6.92 Å². The van der Waals surface area contributed by atoms with Crippen LogP contribution in [0.3, 0.4) is 0 Å². The SMILES string of the molecule is C#CC(CC)NC(=O)N(CC)CC(=O)O. The van der Waals surface area contributed by atoms with E-state index in [2.05, 4.69) is 11.2 Å². The predicted octanol–water partition coefficient (Wildman–Crippen LogP) is 0.514. The largest absolute Gasteiger partial charge is 0.480 e. The molecule has 0 saturated carbocycles. The highest BCUT2D eigenvalue weighted by Crippen LogP contribution is 1.94. The number of carbonyl (C=O) groups is 2. The van der Waals surface area contributed by atoms with E-state index in [4.69, 9.17) is 11.5 Å². The van der Waals surface area contributed by atoms with Gasteiger partial charge in [0.15, 0.2) is 0 Å². The monoisotopic (exact) mass is 212 g/mol. The number of hydrogen-bond acceptors (Lipinski definition) is 2. The summed E-state index contributed by atoms with van der Waals surface area (Å²) in [6, 6.07) is -0.787. The van der Waals surface area contributed by atoms with E-state index in [0.29, 0.717) is 13.0 Å². The fraction of sp³-hybridized carbons (Fsp3) is 0.600. The molecule has 2 amide bonds. The Morgan fingerprint density at radius 2 is 2.13 bits per heavy atom. The quantitative estimate of drug-likeness (QED) is 0.652. The first-order valence-corrected chi connectivity index (χ1v) is 4.78. The van der Waals surface area contributed by atoms with Gasteiger partial charge in [-0.1, -0.05) is 12.8 Å². The second kappa shape index (κ2) is 6.71. The second-order valence-corrected chi connectivity index (χ2v) is 2.98. The van der Waals surface area contributed by atoms with Gasteiger partial charge in [0, 0.05) is 6.54 Å². The van der Waals surface area contributed by atoms with Crippen LogP contribution in [-0.2, 0) is 4.79 Å². The van der Waals surface area contributed by atoms with Gasteiger partial charge in [-0.05, 0) is 13.3 Å². The summed E-state index contributed by atoms with van der Waals surface area (Å²) in [5.74, 6) is 1.37. The molecule has 2 N–H and O–H groups in total. The van der Waals surface area contributed by atoms with E-state index >= 15 is 0 Å². The minimum absolute atomic E-state index is 0.316. The zero-order valence-corrected chi connectivity index (χ0v) is 8.99. The molecule has 0 fully saturated rings. The molecule has 84 valence electrons. The van der Waals surface area contributed by atoms with Crippen LogP contribution in [0.2, 0.25) is 0 Å². The first kappa shape index (κ1) is 13.3. The van der Waals surface area contributed by atoms with E-state index in [0.717, 1.165) is 0 Å². The van der Waals surface area contributed by atoms with Crippen molar-refractivity contribution >= 4 is 12.0 Å². The first-order chi connectivity index (χ1) is 7.04. The van der Waals surface area contributed by atoms with Crippen molar-refractivity contribution < 1.29 is 14.7 Å². The van der Waals surface area contributed by atoms with Crippen LogP contribution in [-0.4, -0.2) is 41.1 Å². The fourth-order valence-corrected chi connectivity index (χ4v) is 0.992. The van der Waals surface area contributed by atoms with Gasteiger partial charge in [0.2, 0.25) is 0 Å². The molecule has 0 aromatic heterocycles. The van der Waals surface area contributed by atoms with Crippen molar-refractivity contribution in [3.63, 3.8) is 0 Å². The van der Waals surface area contributed by atoms with Gasteiger partial charge < -0.3 is 15.3 Å². The first-order valence-electron chi connectivity index (χ1n) is 4.78. The maximum atomic E-state index is 11.5. The van der Waals surface area contributed by atoms with Crippen LogP contribution in [0.25, 0.3) is 0 Å². The highest BCUT2D eigenvalue weighted by Gasteiger charge is 2.16. The number of aliphatic carboxylic acids is 1. The third-order valence-corrected chi connectivity index (χ3v) is 1.90. The Balaban J connectivity index is 4.27. The summed E-state index contributed by atoms with van der Waals surface area (Å²) in [5.41, 5.74) is 0. The summed E-state index contributed by atoms with van der Waals surface area (Å²) in [5, 5.41) is 11.1. The molecule has 0 aliphatic rings. The number of rotatable bonds is 5. The molecule has 0 radical (unpaired) electrons. The number of hydrogen-bond donors (Lipinski definition) is 2. The normalized spacial score (nSPS) is 11.3. The Hall–Kier alpha value is -1.70. The molecular formula is C10H16N2O3. The number of nitrogens with zero attached hydrogens (tertiary/aromatic N) is 1. The number of carboxylic acid groups (broad SMARTS) is 1. The molecule has 5 nitrogen and oxygen atoms in total. The lowest BCUT2D eigenvalue weighted by Crippen LogP contribution is -2.46. The predicted molar refractivity (Wildman–Crippen MR) is 56.3 cm³/mol. The topological polar surface area (TPSA) is 69.6 Å². The molecule has 0 saturated heterocycles. The highest BCUT2D eigenvalue weighted by molar-refractivity contribution is 5.80. The Bertz CT molecular complexity index is 270. The van der Waals surface area contributed by atoms with Crippen molar-refractivity contribution in [3.05, 3.63) is 0 Å². The average Bonchev–Trinajstić information content (AvgIpc) is 2.21. The molecule has 0 rings (SSSR count). The minimum atomic E-state index is -1.04. The summed E-state index contributed by atoms with van der Waals surface area (Å²) in [7, 11) is 0. The summed E-state index contributed by atoms with van der Waals surface area (Å²) in [6.45, 7) is 3.57. The minimum Gasteiger partial charge on any atom is -0.480 e. The number of likely N-dealkylation sites (N-methyl/N-ethyl adjacent to an activating group) is 1. The maximum absolute atomic E-state index is 11.5. The zero-order chi connectivity index (χ0) is 11.8. The van der Waals surface area contributed by atoms with Crippen molar-refractivity contribution in [2.24, 2.45) is 0 Å². The lowest BCUT2D eigenvalue weighted by molar-refractivity contribution is -0.137. The van der Waals surface area contributed by atoms with Gasteiger partial charge in [0.05, 0.1) is 6.04 Å². The van der Waals surface area contributed by atoms with Gasteiger partial charge in [-0.3, -0.25) is 4.79 Å². The molecule has 1 atom stereocenters. The third kappa shape index (κ3) is 4.91. The fourth-order valence-electron chi connectivity index (χ4n) is 0.992. The average molecular weight is 212 g/mol. The number of carboxylic acids is 1. The van der Waals surface area contributed by atoms with E-state index in [1.54, 1.807) is 6.92 Å². The summed E-state index contributed by atoms with van der Waals surface area (Å²) in [6.07, 6.45) is 5.79. The third-order valence-electron chi connectivity index (χ3n) is 1.90. The molecule has 1 unspecified atom stereocenters. The van der Waals surface area contributed by atoms with Crippen molar-refractivity contribution in [2.45, 2.75) is 26.3 Å². The molecule has 5 heteroatoms. The van der Waals surface area contributed by atoms with E-state index < -0.39 is 12.0 Å². The van der Waals surface area contributed by atoms with Gasteiger partial charge in [0.25, 0.3) is 0 Å². The Labute approximate surface area is 89.4 Å². The van der Waals surface area contributed by atoms with Gasteiger partial charge in [0.1, 0.15) is 6.54 Å². The van der Waals surface area contributed by atoms with Crippen LogP contribution in [0.5, 0.6) is 0 Å². The van der Waals surface area contributed by atoms with Crippen LogP contribution in [0.15, 0.2) is 0 Å². The molecule has 0 aromatic rings. The van der Waals surface area contributed by atoms with Crippen molar-refractivity contribution in [1.29, 1.82) is 0 Å². The molecule has 0 aliphatic carbocycles. The molecule has 0 aromatic carbocycles. The number of nitrogens with one attached hydrogen (secondary N) is 1. The van der Waals surface area contributed by atoms with Crippen molar-refractivity contribution in [3.8, 4) is 12.3 Å². The van der Waals surface area contributed by atoms with Crippen LogP contribution < -0.4 is 5.32 Å². The van der Waals surface area contributed by atoms with E-state index in [1.165, 1.54) is 4.90 Å². The number of carbonyl (C=O) groups excluding carboxylic acids is 1. The van der Waals surface area contributed by atoms with Gasteiger partial charge in [-0.15, -0.1) is 6.42 Å². The van der Waals surface area contributed by atoms with Crippen LogP contribution >= 0.6 is 0 Å². The summed E-state index contributed by atoms with van der Waals surface area (Å²) >= 11 is 0. The van der Waals surface area contributed by atoms with Gasteiger partial charge >= 0.3 is 12.0 Å². The van der Waals surface area contributed by atoms with Crippen molar-refractivity contribution in [1.82, 2.24) is 10.2 Å². The van der Waals surface area contributed by atoms with Crippen LogP contribution in [0.1, 0.15) is 20.3 Å².